The quantitative estimate of drug-likeness (QED) is 0.803. The highest BCUT2D eigenvalue weighted by molar-refractivity contribution is 7.09. The van der Waals surface area contributed by atoms with Crippen molar-refractivity contribution in [3.05, 3.63) is 34.0 Å². The van der Waals surface area contributed by atoms with E-state index in [9.17, 15) is 0 Å². The van der Waals surface area contributed by atoms with Crippen molar-refractivity contribution >= 4 is 28.1 Å². The molecule has 3 heterocycles. The second-order valence-corrected chi connectivity index (χ2v) is 5.86. The number of rotatable bonds is 3. The van der Waals surface area contributed by atoms with Gasteiger partial charge in [-0.15, -0.1) is 11.3 Å². The van der Waals surface area contributed by atoms with Crippen LogP contribution in [0.1, 0.15) is 29.2 Å². The van der Waals surface area contributed by atoms with Crippen LogP contribution in [-0.2, 0) is 7.05 Å². The molecule has 0 spiro atoms. The van der Waals surface area contributed by atoms with Crippen molar-refractivity contribution in [1.29, 1.82) is 0 Å². The number of anilines is 1. The van der Waals surface area contributed by atoms with E-state index in [2.05, 4.69) is 33.4 Å². The third kappa shape index (κ3) is 2.16. The number of hydrogen-bond acceptors (Lipinski definition) is 5. The van der Waals surface area contributed by atoms with Gasteiger partial charge in [0.05, 0.1) is 34.8 Å². The van der Waals surface area contributed by atoms with E-state index in [1.54, 1.807) is 11.3 Å². The zero-order chi connectivity index (χ0) is 14.3. The molecule has 3 aromatic heterocycles. The Labute approximate surface area is 121 Å². The Hall–Kier alpha value is -1.95. The maximum absolute atomic E-state index is 4.48. The van der Waals surface area contributed by atoms with Crippen LogP contribution in [0.4, 0.5) is 5.69 Å². The summed E-state index contributed by atoms with van der Waals surface area (Å²) in [6, 6.07) is 2.33. The molecule has 0 aromatic carbocycles. The Morgan fingerprint density at radius 2 is 2.05 bits per heavy atom. The summed E-state index contributed by atoms with van der Waals surface area (Å²) in [5, 5.41) is 8.97. The van der Waals surface area contributed by atoms with Gasteiger partial charge in [-0.3, -0.25) is 4.68 Å². The largest absolute Gasteiger partial charge is 0.376 e. The minimum absolute atomic E-state index is 0.221. The summed E-state index contributed by atoms with van der Waals surface area (Å²) in [6.07, 6.45) is 1.86. The van der Waals surface area contributed by atoms with Gasteiger partial charge in [0.1, 0.15) is 0 Å². The van der Waals surface area contributed by atoms with Crippen LogP contribution in [0.3, 0.4) is 0 Å². The van der Waals surface area contributed by atoms with Gasteiger partial charge in [-0.1, -0.05) is 0 Å². The topological polar surface area (TPSA) is 55.6 Å². The molecule has 104 valence electrons. The molecule has 0 saturated heterocycles. The molecule has 0 bridgehead atoms. The molecule has 1 unspecified atom stereocenters. The Bertz CT molecular complexity index is 758. The van der Waals surface area contributed by atoms with Crippen molar-refractivity contribution in [3.8, 4) is 0 Å². The summed E-state index contributed by atoms with van der Waals surface area (Å²) >= 11 is 1.68. The summed E-state index contributed by atoms with van der Waals surface area (Å²) in [6.45, 7) is 6.18. The highest BCUT2D eigenvalue weighted by Gasteiger charge is 2.12. The molecule has 0 saturated carbocycles. The second-order valence-electron chi connectivity index (χ2n) is 4.97. The van der Waals surface area contributed by atoms with E-state index in [-0.39, 0.29) is 6.04 Å². The minimum Gasteiger partial charge on any atom is -0.376 e. The Morgan fingerprint density at radius 1 is 1.25 bits per heavy atom. The lowest BCUT2D eigenvalue weighted by Crippen LogP contribution is -2.06. The maximum atomic E-state index is 4.48. The molecule has 0 fully saturated rings. The van der Waals surface area contributed by atoms with Crippen molar-refractivity contribution in [2.75, 3.05) is 5.32 Å². The van der Waals surface area contributed by atoms with Gasteiger partial charge in [-0.25, -0.2) is 9.97 Å². The van der Waals surface area contributed by atoms with Gasteiger partial charge in [0.25, 0.3) is 0 Å². The van der Waals surface area contributed by atoms with E-state index in [0.29, 0.717) is 0 Å². The summed E-state index contributed by atoms with van der Waals surface area (Å²) in [7, 11) is 1.92. The molecular weight excluding hydrogens is 270 g/mol. The normalized spacial score (nSPS) is 12.8. The highest BCUT2D eigenvalue weighted by Crippen LogP contribution is 2.26. The first-order chi connectivity index (χ1) is 9.56. The van der Waals surface area contributed by atoms with Gasteiger partial charge >= 0.3 is 0 Å². The lowest BCUT2D eigenvalue weighted by molar-refractivity contribution is 0.774. The maximum Gasteiger partial charge on any atom is 0.157 e. The summed E-state index contributed by atoms with van der Waals surface area (Å²) in [4.78, 5) is 10.0. The Balaban J connectivity index is 1.91. The van der Waals surface area contributed by atoms with Gasteiger partial charge < -0.3 is 5.32 Å². The zero-order valence-electron chi connectivity index (χ0n) is 12.0. The first-order valence-electron chi connectivity index (χ1n) is 6.52. The second kappa shape index (κ2) is 4.86. The predicted molar refractivity (Wildman–Crippen MR) is 82.1 cm³/mol. The molecule has 6 heteroatoms. The molecule has 3 aromatic rings. The lowest BCUT2D eigenvalue weighted by Gasteiger charge is -2.14. The van der Waals surface area contributed by atoms with Crippen LogP contribution in [0.25, 0.3) is 11.0 Å². The number of fused-ring (bicyclic) bond motifs is 1. The molecule has 5 nitrogen and oxygen atoms in total. The van der Waals surface area contributed by atoms with Gasteiger partial charge in [-0.05, 0) is 26.8 Å². The van der Waals surface area contributed by atoms with E-state index < -0.39 is 0 Å². The monoisotopic (exact) mass is 287 g/mol. The molecule has 0 radical (unpaired) electrons. The average Bonchev–Trinajstić information content (AvgIpc) is 2.95. The van der Waals surface area contributed by atoms with Crippen LogP contribution in [0.15, 0.2) is 17.8 Å². The average molecular weight is 287 g/mol. The van der Waals surface area contributed by atoms with Crippen molar-refractivity contribution in [3.63, 3.8) is 0 Å². The molecule has 0 amide bonds. The third-order valence-electron chi connectivity index (χ3n) is 3.42. The van der Waals surface area contributed by atoms with E-state index in [4.69, 9.17) is 0 Å². The van der Waals surface area contributed by atoms with E-state index in [0.717, 1.165) is 28.1 Å². The van der Waals surface area contributed by atoms with Crippen LogP contribution in [0.2, 0.25) is 0 Å². The van der Waals surface area contributed by atoms with Crippen LogP contribution in [0, 0.1) is 13.8 Å². The summed E-state index contributed by atoms with van der Waals surface area (Å²) < 4.78 is 1.81. The van der Waals surface area contributed by atoms with Gasteiger partial charge in [-0.2, -0.15) is 5.10 Å². The number of thiazole rings is 1. The van der Waals surface area contributed by atoms with Crippen molar-refractivity contribution in [2.24, 2.45) is 7.05 Å². The van der Waals surface area contributed by atoms with Crippen LogP contribution in [-0.4, -0.2) is 19.7 Å². The molecule has 3 rings (SSSR count). The smallest absolute Gasteiger partial charge is 0.157 e. The number of nitrogens with one attached hydrogen (secondary N) is 1. The number of pyridine rings is 1. The standard InChI is InChI=1S/C14H17N5S/c1-8-12-5-11(6-15-14(12)19(4)18-8)17-10(3)13-9(2)16-7-20-13/h5-7,10,17H,1-4H3. The van der Waals surface area contributed by atoms with Gasteiger partial charge in [0.15, 0.2) is 5.65 Å². The summed E-state index contributed by atoms with van der Waals surface area (Å²) in [5.74, 6) is 0. The van der Waals surface area contributed by atoms with Crippen LogP contribution < -0.4 is 5.32 Å². The minimum atomic E-state index is 0.221. The zero-order valence-corrected chi connectivity index (χ0v) is 12.8. The number of aryl methyl sites for hydroxylation is 3. The Kier molecular flexibility index (Phi) is 3.17. The van der Waals surface area contributed by atoms with Crippen LogP contribution in [0.5, 0.6) is 0 Å². The molecule has 0 aliphatic heterocycles. The molecule has 0 aliphatic rings. The van der Waals surface area contributed by atoms with Gasteiger partial charge in [0.2, 0.25) is 0 Å². The Morgan fingerprint density at radius 3 is 2.75 bits per heavy atom. The first kappa shape index (κ1) is 13.1. The predicted octanol–water partition coefficient (Wildman–Crippen LogP) is 3.21. The fourth-order valence-electron chi connectivity index (χ4n) is 2.43. The molecule has 1 N–H and O–H groups in total. The highest BCUT2D eigenvalue weighted by atomic mass is 32.1. The van der Waals surface area contributed by atoms with E-state index >= 15 is 0 Å². The fraction of sp³-hybridized carbons (Fsp3) is 0.357. The SMILES string of the molecule is Cc1ncsc1C(C)Nc1cnc2c(c1)c(C)nn2C. The first-order valence-corrected chi connectivity index (χ1v) is 7.40. The number of aromatic nitrogens is 4. The molecular formula is C14H17N5S. The lowest BCUT2D eigenvalue weighted by atomic mass is 10.2. The van der Waals surface area contributed by atoms with Crippen molar-refractivity contribution in [2.45, 2.75) is 26.8 Å². The summed E-state index contributed by atoms with van der Waals surface area (Å²) in [5.41, 5.74) is 5.89. The van der Waals surface area contributed by atoms with Crippen molar-refractivity contribution in [1.82, 2.24) is 19.7 Å². The number of nitrogens with zero attached hydrogens (tertiary/aromatic N) is 4. The third-order valence-corrected chi connectivity index (χ3v) is 4.54. The fourth-order valence-corrected chi connectivity index (χ4v) is 3.24. The van der Waals surface area contributed by atoms with E-state index in [1.165, 1.54) is 4.88 Å². The molecule has 0 aliphatic carbocycles. The van der Waals surface area contributed by atoms with Crippen LogP contribution >= 0.6 is 11.3 Å². The van der Waals surface area contributed by atoms with E-state index in [1.807, 2.05) is 37.3 Å². The molecule has 1 atom stereocenters. The van der Waals surface area contributed by atoms with Crippen molar-refractivity contribution < 1.29 is 0 Å². The number of hydrogen-bond donors (Lipinski definition) is 1. The van der Waals surface area contributed by atoms with Gasteiger partial charge in [0, 0.05) is 17.3 Å². The molecule has 20 heavy (non-hydrogen) atoms.